The maximum Gasteiger partial charge on any atom is 0.313 e. The Hall–Kier alpha value is -2.08. The summed E-state index contributed by atoms with van der Waals surface area (Å²) in [5, 5.41) is 9.68. The van der Waals surface area contributed by atoms with Gasteiger partial charge in [0.05, 0.1) is 19.1 Å². The summed E-state index contributed by atoms with van der Waals surface area (Å²) in [5.74, 6) is -0.361. The third-order valence-corrected chi connectivity index (χ3v) is 5.05. The Morgan fingerprint density at radius 1 is 1.28 bits per heavy atom. The van der Waals surface area contributed by atoms with E-state index in [1.807, 2.05) is 38.1 Å². The molecule has 1 fully saturated rings. The van der Waals surface area contributed by atoms with E-state index in [0.29, 0.717) is 25.1 Å². The SMILES string of the molecule is COCC1(C(=O)O)CCCN(C(=O)C(C)(C)c2ccccc2OC)C1. The number of nitrogens with zero attached hydrogens (tertiary/aromatic N) is 1. The van der Waals surface area contributed by atoms with Crippen molar-refractivity contribution >= 4 is 11.9 Å². The minimum atomic E-state index is -1.04. The molecule has 1 aromatic rings. The van der Waals surface area contributed by atoms with Crippen LogP contribution in [0.2, 0.25) is 0 Å². The number of aliphatic carboxylic acids is 1. The number of methoxy groups -OCH3 is 2. The van der Waals surface area contributed by atoms with Crippen molar-refractivity contribution in [3.8, 4) is 5.75 Å². The maximum absolute atomic E-state index is 13.2. The van der Waals surface area contributed by atoms with Gasteiger partial charge in [0.1, 0.15) is 11.2 Å². The summed E-state index contributed by atoms with van der Waals surface area (Å²) >= 11 is 0. The third-order valence-electron chi connectivity index (χ3n) is 5.05. The first-order chi connectivity index (χ1) is 11.8. The standard InChI is InChI=1S/C19H27NO5/c1-18(2,14-8-5-6-9-15(14)25-4)16(21)20-11-7-10-19(12-20,13-24-3)17(22)23/h5-6,8-9H,7,10-13H2,1-4H3,(H,22,23). The van der Waals surface area contributed by atoms with E-state index >= 15 is 0 Å². The van der Waals surface area contributed by atoms with Gasteiger partial charge in [-0.25, -0.2) is 0 Å². The van der Waals surface area contributed by atoms with Gasteiger partial charge in [0.25, 0.3) is 0 Å². The highest BCUT2D eigenvalue weighted by atomic mass is 16.5. The highest BCUT2D eigenvalue weighted by Crippen LogP contribution is 2.37. The summed E-state index contributed by atoms with van der Waals surface area (Å²) in [5.41, 5.74) is -1.07. The number of likely N-dealkylation sites (tertiary alicyclic amines) is 1. The average molecular weight is 349 g/mol. The fraction of sp³-hybridized carbons (Fsp3) is 0.579. The minimum Gasteiger partial charge on any atom is -0.496 e. The van der Waals surface area contributed by atoms with Gasteiger partial charge in [-0.15, -0.1) is 0 Å². The lowest BCUT2D eigenvalue weighted by atomic mass is 9.77. The fourth-order valence-electron chi connectivity index (χ4n) is 3.61. The fourth-order valence-corrected chi connectivity index (χ4v) is 3.61. The van der Waals surface area contributed by atoms with Gasteiger partial charge in [0.15, 0.2) is 0 Å². The Kier molecular flexibility index (Phi) is 5.72. The van der Waals surface area contributed by atoms with E-state index < -0.39 is 16.8 Å². The van der Waals surface area contributed by atoms with Crippen LogP contribution >= 0.6 is 0 Å². The van der Waals surface area contributed by atoms with Crippen LogP contribution in [0, 0.1) is 5.41 Å². The number of carbonyl (C=O) groups excluding carboxylic acids is 1. The molecule has 0 saturated carbocycles. The zero-order valence-electron chi connectivity index (χ0n) is 15.4. The lowest BCUT2D eigenvalue weighted by Crippen LogP contribution is -2.55. The first-order valence-electron chi connectivity index (χ1n) is 8.44. The number of para-hydroxylation sites is 1. The molecule has 6 heteroatoms. The maximum atomic E-state index is 13.2. The molecule has 2 rings (SSSR count). The largest absolute Gasteiger partial charge is 0.496 e. The van der Waals surface area contributed by atoms with E-state index in [-0.39, 0.29) is 19.1 Å². The topological polar surface area (TPSA) is 76.1 Å². The second-order valence-corrected chi connectivity index (χ2v) is 7.17. The number of carboxylic acid groups (broad SMARTS) is 1. The molecular weight excluding hydrogens is 322 g/mol. The molecule has 6 nitrogen and oxygen atoms in total. The zero-order chi connectivity index (χ0) is 18.7. The van der Waals surface area contributed by atoms with Crippen LogP contribution in [0.5, 0.6) is 5.75 Å². The first kappa shape index (κ1) is 19.2. The lowest BCUT2D eigenvalue weighted by molar-refractivity contribution is -0.160. The molecule has 25 heavy (non-hydrogen) atoms. The molecular formula is C19H27NO5. The predicted octanol–water partition coefficient (Wildman–Crippen LogP) is 2.31. The monoisotopic (exact) mass is 349 g/mol. The van der Waals surface area contributed by atoms with Crippen molar-refractivity contribution in [3.05, 3.63) is 29.8 Å². The average Bonchev–Trinajstić information content (AvgIpc) is 2.61. The highest BCUT2D eigenvalue weighted by molar-refractivity contribution is 5.89. The zero-order valence-corrected chi connectivity index (χ0v) is 15.4. The van der Waals surface area contributed by atoms with Crippen LogP contribution in [0.15, 0.2) is 24.3 Å². The van der Waals surface area contributed by atoms with Crippen molar-refractivity contribution in [3.63, 3.8) is 0 Å². The Balaban J connectivity index is 2.30. The van der Waals surface area contributed by atoms with Gasteiger partial charge in [-0.1, -0.05) is 18.2 Å². The lowest BCUT2D eigenvalue weighted by Gasteiger charge is -2.42. The molecule has 0 spiro atoms. The van der Waals surface area contributed by atoms with Gasteiger partial charge in [0, 0.05) is 25.8 Å². The molecule has 0 bridgehead atoms. The third kappa shape index (κ3) is 3.63. The van der Waals surface area contributed by atoms with E-state index in [0.717, 1.165) is 5.56 Å². The molecule has 138 valence electrons. The molecule has 0 radical (unpaired) electrons. The van der Waals surface area contributed by atoms with Crippen molar-refractivity contribution in [2.24, 2.45) is 5.41 Å². The summed E-state index contributed by atoms with van der Waals surface area (Å²) in [6, 6.07) is 7.43. The molecule has 1 aromatic carbocycles. The van der Waals surface area contributed by atoms with Crippen LogP contribution in [0.4, 0.5) is 0 Å². The quantitative estimate of drug-likeness (QED) is 0.853. The number of rotatable bonds is 6. The summed E-state index contributed by atoms with van der Waals surface area (Å²) in [7, 11) is 3.07. The van der Waals surface area contributed by atoms with E-state index in [1.54, 1.807) is 12.0 Å². The second kappa shape index (κ2) is 7.44. The van der Waals surface area contributed by atoms with Crippen LogP contribution in [-0.2, 0) is 19.7 Å². The van der Waals surface area contributed by atoms with Crippen LogP contribution in [0.25, 0.3) is 0 Å². The second-order valence-electron chi connectivity index (χ2n) is 7.17. The molecule has 1 unspecified atom stereocenters. The normalized spacial score (nSPS) is 21.0. The van der Waals surface area contributed by atoms with Crippen molar-refractivity contribution < 1.29 is 24.2 Å². The number of hydrogen-bond acceptors (Lipinski definition) is 4. The van der Waals surface area contributed by atoms with Crippen LogP contribution < -0.4 is 4.74 Å². The Morgan fingerprint density at radius 2 is 1.96 bits per heavy atom. The molecule has 1 heterocycles. The number of ether oxygens (including phenoxy) is 2. The molecule has 1 saturated heterocycles. The Morgan fingerprint density at radius 3 is 2.56 bits per heavy atom. The van der Waals surface area contributed by atoms with Crippen LogP contribution in [0.1, 0.15) is 32.3 Å². The number of carboxylic acids is 1. The smallest absolute Gasteiger partial charge is 0.313 e. The number of benzene rings is 1. The molecule has 1 amide bonds. The summed E-state index contributed by atoms with van der Waals surface area (Å²) in [4.78, 5) is 26.7. The molecule has 1 N–H and O–H groups in total. The number of piperidine rings is 1. The van der Waals surface area contributed by atoms with Gasteiger partial charge in [-0.3, -0.25) is 9.59 Å². The van der Waals surface area contributed by atoms with Gasteiger partial charge >= 0.3 is 5.97 Å². The number of hydrogen-bond donors (Lipinski definition) is 1. The van der Waals surface area contributed by atoms with Crippen LogP contribution in [-0.4, -0.2) is 55.8 Å². The van der Waals surface area contributed by atoms with E-state index in [4.69, 9.17) is 9.47 Å². The van der Waals surface area contributed by atoms with Gasteiger partial charge in [-0.2, -0.15) is 0 Å². The molecule has 1 aliphatic heterocycles. The number of amides is 1. The Labute approximate surface area is 148 Å². The highest BCUT2D eigenvalue weighted by Gasteiger charge is 2.46. The predicted molar refractivity (Wildman–Crippen MR) is 93.8 cm³/mol. The van der Waals surface area contributed by atoms with Gasteiger partial charge < -0.3 is 19.5 Å². The molecule has 1 aliphatic rings. The molecule has 1 atom stereocenters. The van der Waals surface area contributed by atoms with Crippen molar-refractivity contribution in [1.82, 2.24) is 4.90 Å². The van der Waals surface area contributed by atoms with Crippen LogP contribution in [0.3, 0.4) is 0 Å². The Bertz CT molecular complexity index is 638. The van der Waals surface area contributed by atoms with Crippen molar-refractivity contribution in [2.45, 2.75) is 32.1 Å². The van der Waals surface area contributed by atoms with E-state index in [9.17, 15) is 14.7 Å². The summed E-state index contributed by atoms with van der Waals surface area (Å²) in [6.07, 6.45) is 1.15. The van der Waals surface area contributed by atoms with Gasteiger partial charge in [-0.05, 0) is 32.8 Å². The first-order valence-corrected chi connectivity index (χ1v) is 8.44. The van der Waals surface area contributed by atoms with E-state index in [1.165, 1.54) is 7.11 Å². The minimum absolute atomic E-state index is 0.0984. The molecule has 0 aromatic heterocycles. The molecule has 0 aliphatic carbocycles. The van der Waals surface area contributed by atoms with Crippen molar-refractivity contribution in [2.75, 3.05) is 33.9 Å². The van der Waals surface area contributed by atoms with E-state index in [2.05, 4.69) is 0 Å². The van der Waals surface area contributed by atoms with Crippen molar-refractivity contribution in [1.29, 1.82) is 0 Å². The van der Waals surface area contributed by atoms with Gasteiger partial charge in [0.2, 0.25) is 5.91 Å². The summed E-state index contributed by atoms with van der Waals surface area (Å²) < 4.78 is 10.5. The number of carbonyl (C=O) groups is 2. The summed E-state index contributed by atoms with van der Waals surface area (Å²) in [6.45, 7) is 4.51.